The van der Waals surface area contributed by atoms with Crippen molar-refractivity contribution < 1.29 is 4.79 Å². The van der Waals surface area contributed by atoms with E-state index in [4.69, 9.17) is 0 Å². The summed E-state index contributed by atoms with van der Waals surface area (Å²) in [5.74, 6) is 0.118. The summed E-state index contributed by atoms with van der Waals surface area (Å²) >= 11 is 0. The normalized spacial score (nSPS) is 9.77. The van der Waals surface area contributed by atoms with Gasteiger partial charge in [0.1, 0.15) is 0 Å². The quantitative estimate of drug-likeness (QED) is 0.620. The molecule has 0 bridgehead atoms. The van der Waals surface area contributed by atoms with E-state index in [0.29, 0.717) is 0 Å². The molecule has 0 spiro atoms. The summed E-state index contributed by atoms with van der Waals surface area (Å²) in [7, 11) is 0. The summed E-state index contributed by atoms with van der Waals surface area (Å²) in [6, 6.07) is 0. The van der Waals surface area contributed by atoms with Crippen LogP contribution in [0.1, 0.15) is 46.5 Å². The Morgan fingerprint density at radius 1 is 1.31 bits per heavy atom. The minimum atomic E-state index is 0.118. The summed E-state index contributed by atoms with van der Waals surface area (Å²) in [6.07, 6.45) is 4.14. The number of unbranched alkanes of at least 4 members (excludes halogenated alkanes) is 1. The van der Waals surface area contributed by atoms with E-state index in [1.54, 1.807) is 11.8 Å². The molecule has 0 saturated carbocycles. The Balaban J connectivity index is 4.07. The second-order valence-corrected chi connectivity index (χ2v) is 3.34. The maximum absolute atomic E-state index is 11.2. The first-order valence-corrected chi connectivity index (χ1v) is 5.09. The van der Waals surface area contributed by atoms with E-state index >= 15 is 0 Å². The van der Waals surface area contributed by atoms with Gasteiger partial charge in [-0.3, -0.25) is 4.79 Å². The second kappa shape index (κ2) is 6.70. The zero-order valence-corrected chi connectivity index (χ0v) is 9.10. The zero-order valence-electron chi connectivity index (χ0n) is 9.10. The molecule has 0 aliphatic heterocycles. The van der Waals surface area contributed by atoms with Gasteiger partial charge >= 0.3 is 0 Å². The van der Waals surface area contributed by atoms with E-state index in [9.17, 15) is 4.79 Å². The van der Waals surface area contributed by atoms with Crippen molar-refractivity contribution in [2.45, 2.75) is 46.5 Å². The molecule has 0 aromatic carbocycles. The largest absolute Gasteiger partial charge is 0.317 e. The summed E-state index contributed by atoms with van der Waals surface area (Å²) < 4.78 is 0. The van der Waals surface area contributed by atoms with Crippen molar-refractivity contribution in [3.8, 4) is 0 Å². The van der Waals surface area contributed by atoms with Crippen LogP contribution in [0, 0.1) is 0 Å². The van der Waals surface area contributed by atoms with Crippen molar-refractivity contribution in [1.29, 1.82) is 0 Å². The third kappa shape index (κ3) is 4.71. The van der Waals surface area contributed by atoms with Crippen molar-refractivity contribution in [1.82, 2.24) is 4.90 Å². The molecule has 0 rings (SSSR count). The van der Waals surface area contributed by atoms with Gasteiger partial charge in [0.25, 0.3) is 0 Å². The molecule has 0 aromatic rings. The Bertz CT molecular complexity index is 175. The van der Waals surface area contributed by atoms with Gasteiger partial charge in [-0.1, -0.05) is 33.3 Å². The summed E-state index contributed by atoms with van der Waals surface area (Å²) in [5.41, 5.74) is 0.962. The summed E-state index contributed by atoms with van der Waals surface area (Å²) in [5, 5.41) is 0. The van der Waals surface area contributed by atoms with Crippen LogP contribution in [0.4, 0.5) is 0 Å². The number of carbonyl (C=O) groups is 1. The van der Waals surface area contributed by atoms with E-state index in [2.05, 4.69) is 20.4 Å². The lowest BCUT2D eigenvalue weighted by Gasteiger charge is -2.22. The van der Waals surface area contributed by atoms with Crippen LogP contribution < -0.4 is 0 Å². The van der Waals surface area contributed by atoms with Gasteiger partial charge in [-0.25, -0.2) is 0 Å². The minimum absolute atomic E-state index is 0.118. The number of hydrogen-bond acceptors (Lipinski definition) is 1. The first-order valence-electron chi connectivity index (χ1n) is 5.09. The number of nitrogens with zero attached hydrogens (tertiary/aromatic N) is 1. The predicted molar refractivity (Wildman–Crippen MR) is 56.3 cm³/mol. The Labute approximate surface area is 81.6 Å². The van der Waals surface area contributed by atoms with E-state index < -0.39 is 0 Å². The topological polar surface area (TPSA) is 20.3 Å². The maximum atomic E-state index is 11.2. The molecule has 2 heteroatoms. The number of rotatable bonds is 6. The number of amides is 1. The van der Waals surface area contributed by atoms with Crippen molar-refractivity contribution in [2.24, 2.45) is 0 Å². The third-order valence-corrected chi connectivity index (χ3v) is 2.04. The minimum Gasteiger partial charge on any atom is -0.317 e. The number of carbonyl (C=O) groups excluding carboxylic acids is 1. The first-order chi connectivity index (χ1) is 6.13. The van der Waals surface area contributed by atoms with Crippen molar-refractivity contribution >= 4 is 5.91 Å². The van der Waals surface area contributed by atoms with Gasteiger partial charge in [0, 0.05) is 19.2 Å². The molecule has 0 atom stereocenters. The van der Waals surface area contributed by atoms with Gasteiger partial charge in [-0.05, 0) is 12.8 Å². The molecule has 0 aromatic heterocycles. The van der Waals surface area contributed by atoms with Crippen LogP contribution in [0.15, 0.2) is 12.3 Å². The lowest BCUT2D eigenvalue weighted by molar-refractivity contribution is -0.127. The lowest BCUT2D eigenvalue weighted by Crippen LogP contribution is -2.28. The highest BCUT2D eigenvalue weighted by molar-refractivity contribution is 5.75. The molecule has 0 aliphatic carbocycles. The van der Waals surface area contributed by atoms with Crippen LogP contribution in [0.25, 0.3) is 0 Å². The highest BCUT2D eigenvalue weighted by atomic mass is 16.2. The molecule has 2 nitrogen and oxygen atoms in total. The van der Waals surface area contributed by atoms with Crippen molar-refractivity contribution in [3.05, 3.63) is 12.3 Å². The van der Waals surface area contributed by atoms with Gasteiger partial charge < -0.3 is 4.90 Å². The van der Waals surface area contributed by atoms with E-state index in [0.717, 1.165) is 37.9 Å². The molecule has 0 radical (unpaired) electrons. The van der Waals surface area contributed by atoms with Crippen molar-refractivity contribution in [2.75, 3.05) is 6.54 Å². The fourth-order valence-corrected chi connectivity index (χ4v) is 1.28. The summed E-state index contributed by atoms with van der Waals surface area (Å²) in [4.78, 5) is 13.0. The first kappa shape index (κ1) is 12.2. The lowest BCUT2D eigenvalue weighted by atomic mass is 10.2. The molecule has 13 heavy (non-hydrogen) atoms. The van der Waals surface area contributed by atoms with E-state index in [1.807, 2.05) is 0 Å². The van der Waals surface area contributed by atoms with Gasteiger partial charge in [-0.15, -0.1) is 0 Å². The fraction of sp³-hybridized carbons (Fsp3) is 0.727. The molecule has 0 N–H and O–H groups in total. The Kier molecular flexibility index (Phi) is 6.29. The van der Waals surface area contributed by atoms with Crippen molar-refractivity contribution in [3.63, 3.8) is 0 Å². The Hall–Kier alpha value is -0.790. The van der Waals surface area contributed by atoms with E-state index in [-0.39, 0.29) is 5.91 Å². The molecule has 0 aliphatic rings. The number of allylic oxidation sites excluding steroid dienone is 1. The molecular formula is C11H21NO. The molecule has 76 valence electrons. The van der Waals surface area contributed by atoms with Crippen LogP contribution in [0.3, 0.4) is 0 Å². The highest BCUT2D eigenvalue weighted by Gasteiger charge is 2.10. The third-order valence-electron chi connectivity index (χ3n) is 2.04. The Morgan fingerprint density at radius 3 is 2.31 bits per heavy atom. The van der Waals surface area contributed by atoms with Gasteiger partial charge in [0.2, 0.25) is 5.91 Å². The number of hydrogen-bond donors (Lipinski definition) is 0. The van der Waals surface area contributed by atoms with Crippen LogP contribution in [-0.4, -0.2) is 17.4 Å². The van der Waals surface area contributed by atoms with Crippen LogP contribution in [0.2, 0.25) is 0 Å². The highest BCUT2D eigenvalue weighted by Crippen LogP contribution is 2.10. The Morgan fingerprint density at radius 2 is 1.92 bits per heavy atom. The SMILES string of the molecule is C=C(CCC)N(CCCC)C(C)=O. The van der Waals surface area contributed by atoms with Crippen LogP contribution >= 0.6 is 0 Å². The van der Waals surface area contributed by atoms with Gasteiger partial charge in [-0.2, -0.15) is 0 Å². The molecule has 0 unspecified atom stereocenters. The van der Waals surface area contributed by atoms with Crippen LogP contribution in [0.5, 0.6) is 0 Å². The second-order valence-electron chi connectivity index (χ2n) is 3.34. The fourth-order valence-electron chi connectivity index (χ4n) is 1.28. The molecular weight excluding hydrogens is 162 g/mol. The van der Waals surface area contributed by atoms with Gasteiger partial charge in [0.15, 0.2) is 0 Å². The summed E-state index contributed by atoms with van der Waals surface area (Å²) in [6.45, 7) is 10.6. The molecule has 1 amide bonds. The van der Waals surface area contributed by atoms with Gasteiger partial charge in [0.05, 0.1) is 0 Å². The predicted octanol–water partition coefficient (Wildman–Crippen LogP) is 2.95. The monoisotopic (exact) mass is 183 g/mol. The van der Waals surface area contributed by atoms with Crippen LogP contribution in [-0.2, 0) is 4.79 Å². The average molecular weight is 183 g/mol. The smallest absolute Gasteiger partial charge is 0.223 e. The molecule has 0 saturated heterocycles. The zero-order chi connectivity index (χ0) is 10.3. The standard InChI is InChI=1S/C11H21NO/c1-5-7-9-12(11(4)13)10(3)8-6-2/h3,5-9H2,1-2,4H3. The molecule has 0 fully saturated rings. The molecule has 0 heterocycles. The average Bonchev–Trinajstić information content (AvgIpc) is 2.05. The maximum Gasteiger partial charge on any atom is 0.223 e. The van der Waals surface area contributed by atoms with E-state index in [1.165, 1.54) is 0 Å².